The molecule has 3 aromatic rings. The summed E-state index contributed by atoms with van der Waals surface area (Å²) in [7, 11) is 0. The second-order valence-electron chi connectivity index (χ2n) is 7.78. The summed E-state index contributed by atoms with van der Waals surface area (Å²) in [6.07, 6.45) is 1.66. The molecule has 7 heteroatoms. The Kier molecular flexibility index (Phi) is 6.45. The number of nitrogens with one attached hydrogen (secondary N) is 1. The Labute approximate surface area is 181 Å². The largest absolute Gasteiger partial charge is 0.352 e. The highest BCUT2D eigenvalue weighted by Crippen LogP contribution is 2.22. The molecule has 6 nitrogen and oxygen atoms in total. The highest BCUT2D eigenvalue weighted by atomic mass is 35.5. The van der Waals surface area contributed by atoms with Crippen LogP contribution < -0.4 is 5.32 Å². The van der Waals surface area contributed by atoms with Gasteiger partial charge < -0.3 is 9.84 Å². The van der Waals surface area contributed by atoms with Gasteiger partial charge in [0.2, 0.25) is 17.6 Å². The molecule has 0 bridgehead atoms. The zero-order chi connectivity index (χ0) is 20.9. The standard InChI is InChI=1S/C23H25ClN4O2/c1-16-3-2-4-17(13-16)14-25-23(29)19-9-11-28(12-10-19)15-21-26-22(27-30-21)18-5-7-20(24)8-6-18/h2-8,13,19H,9-12,14-15H2,1H3,(H,25,29). The van der Waals surface area contributed by atoms with Crippen molar-refractivity contribution in [3.05, 3.63) is 70.6 Å². The minimum absolute atomic E-state index is 0.0540. The number of piperidine rings is 1. The molecule has 0 saturated carbocycles. The molecule has 1 aliphatic rings. The zero-order valence-corrected chi connectivity index (χ0v) is 17.7. The summed E-state index contributed by atoms with van der Waals surface area (Å²) in [4.78, 5) is 19.3. The lowest BCUT2D eigenvalue weighted by Crippen LogP contribution is -2.40. The molecular weight excluding hydrogens is 400 g/mol. The summed E-state index contributed by atoms with van der Waals surface area (Å²) in [5.74, 6) is 1.34. The Balaban J connectivity index is 1.24. The lowest BCUT2D eigenvalue weighted by molar-refractivity contribution is -0.126. The molecule has 4 rings (SSSR count). The molecule has 1 amide bonds. The summed E-state index contributed by atoms with van der Waals surface area (Å²) < 4.78 is 5.41. The highest BCUT2D eigenvalue weighted by Gasteiger charge is 2.25. The Hall–Kier alpha value is -2.70. The molecule has 0 radical (unpaired) electrons. The first-order valence-corrected chi connectivity index (χ1v) is 10.6. The SMILES string of the molecule is Cc1cccc(CNC(=O)C2CCN(Cc3nc(-c4ccc(Cl)cc4)no3)CC2)c1. The van der Waals surface area contributed by atoms with Gasteiger partial charge in [-0.15, -0.1) is 0 Å². The number of hydrogen-bond donors (Lipinski definition) is 1. The van der Waals surface area contributed by atoms with Gasteiger partial charge in [-0.1, -0.05) is 46.6 Å². The highest BCUT2D eigenvalue weighted by molar-refractivity contribution is 6.30. The first-order chi connectivity index (χ1) is 14.6. The summed E-state index contributed by atoms with van der Waals surface area (Å²) >= 11 is 5.92. The van der Waals surface area contributed by atoms with Gasteiger partial charge in [0, 0.05) is 23.0 Å². The quantitative estimate of drug-likeness (QED) is 0.641. The number of benzene rings is 2. The third-order valence-electron chi connectivity index (χ3n) is 5.44. The number of aryl methyl sites for hydroxylation is 1. The second kappa shape index (κ2) is 9.41. The summed E-state index contributed by atoms with van der Waals surface area (Å²) in [6, 6.07) is 15.6. The van der Waals surface area contributed by atoms with Crippen molar-refractivity contribution < 1.29 is 9.32 Å². The van der Waals surface area contributed by atoms with Crippen molar-refractivity contribution in [1.82, 2.24) is 20.4 Å². The van der Waals surface area contributed by atoms with E-state index in [-0.39, 0.29) is 11.8 Å². The number of carbonyl (C=O) groups excluding carboxylic acids is 1. The number of likely N-dealkylation sites (tertiary alicyclic amines) is 1. The molecule has 0 spiro atoms. The van der Waals surface area contributed by atoms with Crippen LogP contribution in [0.1, 0.15) is 29.9 Å². The normalized spacial score (nSPS) is 15.3. The Morgan fingerprint density at radius 3 is 2.70 bits per heavy atom. The molecule has 1 saturated heterocycles. The van der Waals surface area contributed by atoms with Crippen LogP contribution in [0.2, 0.25) is 5.02 Å². The topological polar surface area (TPSA) is 71.3 Å². The van der Waals surface area contributed by atoms with Crippen LogP contribution in [0.4, 0.5) is 0 Å². The maximum atomic E-state index is 12.5. The lowest BCUT2D eigenvalue weighted by atomic mass is 9.96. The van der Waals surface area contributed by atoms with Crippen molar-refractivity contribution in [2.45, 2.75) is 32.9 Å². The molecule has 30 heavy (non-hydrogen) atoms. The van der Waals surface area contributed by atoms with Crippen LogP contribution in [0.25, 0.3) is 11.4 Å². The molecule has 2 aromatic carbocycles. The number of amides is 1. The molecule has 2 heterocycles. The molecule has 1 aromatic heterocycles. The summed E-state index contributed by atoms with van der Waals surface area (Å²) in [5.41, 5.74) is 3.21. The van der Waals surface area contributed by atoms with Crippen molar-refractivity contribution in [3.8, 4) is 11.4 Å². The molecular formula is C23H25ClN4O2. The van der Waals surface area contributed by atoms with Crippen molar-refractivity contribution in [3.63, 3.8) is 0 Å². The Bertz CT molecular complexity index is 994. The average molecular weight is 425 g/mol. The number of aromatic nitrogens is 2. The molecule has 1 fully saturated rings. The van der Waals surface area contributed by atoms with Crippen LogP contribution in [0.5, 0.6) is 0 Å². The van der Waals surface area contributed by atoms with E-state index in [1.165, 1.54) is 5.56 Å². The first kappa shape index (κ1) is 20.6. The first-order valence-electron chi connectivity index (χ1n) is 10.2. The van der Waals surface area contributed by atoms with Crippen LogP contribution in [0.15, 0.2) is 53.1 Å². The number of halogens is 1. The van der Waals surface area contributed by atoms with E-state index < -0.39 is 0 Å². The van der Waals surface area contributed by atoms with Gasteiger partial charge in [0.25, 0.3) is 0 Å². The van der Waals surface area contributed by atoms with Gasteiger partial charge in [-0.3, -0.25) is 9.69 Å². The van der Waals surface area contributed by atoms with Crippen LogP contribution >= 0.6 is 11.6 Å². The minimum Gasteiger partial charge on any atom is -0.352 e. The van der Waals surface area contributed by atoms with Crippen LogP contribution in [0, 0.1) is 12.8 Å². The van der Waals surface area contributed by atoms with Crippen molar-refractivity contribution in [1.29, 1.82) is 0 Å². The van der Waals surface area contributed by atoms with E-state index in [1.54, 1.807) is 0 Å². The Morgan fingerprint density at radius 1 is 1.20 bits per heavy atom. The monoisotopic (exact) mass is 424 g/mol. The second-order valence-corrected chi connectivity index (χ2v) is 8.21. The van der Waals surface area contributed by atoms with Crippen molar-refractivity contribution in [2.24, 2.45) is 5.92 Å². The number of rotatable bonds is 6. The van der Waals surface area contributed by atoms with E-state index in [1.807, 2.05) is 36.4 Å². The number of hydrogen-bond acceptors (Lipinski definition) is 5. The predicted molar refractivity (Wildman–Crippen MR) is 116 cm³/mol. The van der Waals surface area contributed by atoms with E-state index in [0.717, 1.165) is 37.1 Å². The van der Waals surface area contributed by atoms with E-state index in [2.05, 4.69) is 39.4 Å². The third kappa shape index (κ3) is 5.26. The van der Waals surface area contributed by atoms with E-state index in [4.69, 9.17) is 16.1 Å². The van der Waals surface area contributed by atoms with Crippen LogP contribution in [-0.2, 0) is 17.9 Å². The summed E-state index contributed by atoms with van der Waals surface area (Å²) in [5, 5.41) is 7.82. The molecule has 0 aliphatic carbocycles. The lowest BCUT2D eigenvalue weighted by Gasteiger charge is -2.30. The van der Waals surface area contributed by atoms with Gasteiger partial charge in [0.15, 0.2) is 0 Å². The molecule has 0 atom stereocenters. The fourth-order valence-corrected chi connectivity index (χ4v) is 3.86. The third-order valence-corrected chi connectivity index (χ3v) is 5.69. The van der Waals surface area contributed by atoms with Gasteiger partial charge in [-0.05, 0) is 62.7 Å². The number of nitrogens with zero attached hydrogens (tertiary/aromatic N) is 3. The number of carbonyl (C=O) groups is 1. The smallest absolute Gasteiger partial charge is 0.241 e. The molecule has 156 valence electrons. The maximum Gasteiger partial charge on any atom is 0.241 e. The van der Waals surface area contributed by atoms with E-state index in [9.17, 15) is 4.79 Å². The predicted octanol–water partition coefficient (Wildman–Crippen LogP) is 4.23. The fourth-order valence-electron chi connectivity index (χ4n) is 3.74. The van der Waals surface area contributed by atoms with Gasteiger partial charge in [0.1, 0.15) is 0 Å². The van der Waals surface area contributed by atoms with Crippen molar-refractivity contribution in [2.75, 3.05) is 13.1 Å². The van der Waals surface area contributed by atoms with E-state index in [0.29, 0.717) is 29.8 Å². The zero-order valence-electron chi connectivity index (χ0n) is 17.0. The summed E-state index contributed by atoms with van der Waals surface area (Å²) in [6.45, 7) is 4.90. The molecule has 1 aliphatic heterocycles. The van der Waals surface area contributed by atoms with Crippen LogP contribution in [0.3, 0.4) is 0 Å². The Morgan fingerprint density at radius 2 is 1.97 bits per heavy atom. The van der Waals surface area contributed by atoms with E-state index >= 15 is 0 Å². The van der Waals surface area contributed by atoms with Crippen molar-refractivity contribution >= 4 is 17.5 Å². The maximum absolute atomic E-state index is 12.5. The average Bonchev–Trinajstić information content (AvgIpc) is 3.21. The van der Waals surface area contributed by atoms with Gasteiger partial charge in [-0.2, -0.15) is 4.98 Å². The van der Waals surface area contributed by atoms with Crippen LogP contribution in [-0.4, -0.2) is 34.0 Å². The van der Waals surface area contributed by atoms with Gasteiger partial charge in [-0.25, -0.2) is 0 Å². The fraction of sp³-hybridized carbons (Fsp3) is 0.348. The molecule has 0 unspecified atom stereocenters. The van der Waals surface area contributed by atoms with Gasteiger partial charge in [0.05, 0.1) is 6.54 Å². The minimum atomic E-state index is 0.0540. The molecule has 1 N–H and O–H groups in total. The van der Waals surface area contributed by atoms with Gasteiger partial charge >= 0.3 is 0 Å².